The molecule has 1 amide bonds. The molecule has 1 aliphatic heterocycles. The molecule has 6 heteroatoms. The second kappa shape index (κ2) is 6.52. The van der Waals surface area contributed by atoms with Gasteiger partial charge in [-0.05, 0) is 45.2 Å². The number of nitriles is 1. The first-order chi connectivity index (χ1) is 11.2. The summed E-state index contributed by atoms with van der Waals surface area (Å²) in [6, 6.07) is 8.96. The third-order valence-corrected chi connectivity index (χ3v) is 4.12. The largest absolute Gasteiger partial charge is 0.479 e. The number of rotatable bonds is 3. The van der Waals surface area contributed by atoms with Gasteiger partial charge in [0.25, 0.3) is 0 Å². The highest BCUT2D eigenvalue weighted by molar-refractivity contribution is 5.85. The Morgan fingerprint density at radius 2 is 2.04 bits per heavy atom. The van der Waals surface area contributed by atoms with Crippen molar-refractivity contribution in [3.63, 3.8) is 0 Å². The van der Waals surface area contributed by atoms with Gasteiger partial charge in [-0.3, -0.25) is 4.90 Å². The van der Waals surface area contributed by atoms with Crippen molar-refractivity contribution in [1.29, 1.82) is 5.26 Å². The quantitative estimate of drug-likeness (QED) is 0.920. The summed E-state index contributed by atoms with van der Waals surface area (Å²) in [5.41, 5.74) is -1.03. The van der Waals surface area contributed by atoms with E-state index in [4.69, 9.17) is 4.74 Å². The van der Waals surface area contributed by atoms with E-state index < -0.39 is 23.2 Å². The maximum Gasteiger partial charge on any atom is 0.411 e. The molecule has 6 nitrogen and oxygen atoms in total. The molecule has 1 atom stereocenters. The van der Waals surface area contributed by atoms with Crippen LogP contribution in [0.3, 0.4) is 0 Å². The Balaban J connectivity index is 2.38. The number of carboxylic acids is 1. The second-order valence-corrected chi connectivity index (χ2v) is 7.02. The minimum absolute atomic E-state index is 0.0886. The van der Waals surface area contributed by atoms with E-state index in [0.29, 0.717) is 30.5 Å². The minimum Gasteiger partial charge on any atom is -0.479 e. The fourth-order valence-corrected chi connectivity index (χ4v) is 3.04. The predicted molar refractivity (Wildman–Crippen MR) is 87.4 cm³/mol. The molecule has 0 bridgehead atoms. The number of amides is 1. The summed E-state index contributed by atoms with van der Waals surface area (Å²) in [6.45, 7) is 5.56. The molecule has 0 radical (unpaired) electrons. The highest BCUT2D eigenvalue weighted by Crippen LogP contribution is 2.35. The number of likely N-dealkylation sites (tertiary alicyclic amines) is 1. The summed E-state index contributed by atoms with van der Waals surface area (Å²) in [6.07, 6.45) is 0.379. The lowest BCUT2D eigenvalue weighted by Gasteiger charge is -2.36. The van der Waals surface area contributed by atoms with Crippen LogP contribution in [0.5, 0.6) is 0 Å². The van der Waals surface area contributed by atoms with Crippen LogP contribution in [0.4, 0.5) is 4.79 Å². The number of aliphatic carboxylic acids is 1. The molecule has 1 aromatic rings. The highest BCUT2D eigenvalue weighted by Gasteiger charge is 2.51. The Bertz CT molecular complexity index is 687. The lowest BCUT2D eigenvalue weighted by atomic mass is 9.86. The zero-order valence-electron chi connectivity index (χ0n) is 14.2. The number of carbonyl (C=O) groups is 2. The number of hydrogen-bond acceptors (Lipinski definition) is 4. The Hall–Kier alpha value is -2.55. The van der Waals surface area contributed by atoms with Crippen molar-refractivity contribution in [1.82, 2.24) is 4.90 Å². The van der Waals surface area contributed by atoms with Gasteiger partial charge in [0.15, 0.2) is 0 Å². The number of hydrogen-bond donors (Lipinski definition) is 1. The molecule has 1 aliphatic rings. The summed E-state index contributed by atoms with van der Waals surface area (Å²) in [5.74, 6) is -1.07. The summed E-state index contributed by atoms with van der Waals surface area (Å²) in [7, 11) is 0. The summed E-state index contributed by atoms with van der Waals surface area (Å²) < 4.78 is 5.38. The lowest BCUT2D eigenvalue weighted by Crippen LogP contribution is -2.55. The van der Waals surface area contributed by atoms with Gasteiger partial charge < -0.3 is 9.84 Å². The third kappa shape index (κ3) is 3.51. The van der Waals surface area contributed by atoms with Crippen LogP contribution in [0.2, 0.25) is 0 Å². The van der Waals surface area contributed by atoms with Gasteiger partial charge in [-0.15, -0.1) is 0 Å². The molecule has 1 heterocycles. The van der Waals surface area contributed by atoms with Crippen molar-refractivity contribution in [2.24, 2.45) is 0 Å². The molecule has 1 fully saturated rings. The monoisotopic (exact) mass is 330 g/mol. The van der Waals surface area contributed by atoms with E-state index in [1.54, 1.807) is 45.0 Å². The van der Waals surface area contributed by atoms with Crippen molar-refractivity contribution >= 4 is 12.1 Å². The first-order valence-electron chi connectivity index (χ1n) is 7.92. The molecule has 1 saturated heterocycles. The Morgan fingerprint density at radius 3 is 2.62 bits per heavy atom. The van der Waals surface area contributed by atoms with Crippen LogP contribution >= 0.6 is 0 Å². The first-order valence-corrected chi connectivity index (χ1v) is 7.92. The Labute approximate surface area is 141 Å². The van der Waals surface area contributed by atoms with Gasteiger partial charge in [-0.1, -0.05) is 18.2 Å². The molecular weight excluding hydrogens is 308 g/mol. The summed E-state index contributed by atoms with van der Waals surface area (Å²) in [4.78, 5) is 25.9. The van der Waals surface area contributed by atoms with Crippen LogP contribution in [-0.2, 0) is 16.0 Å². The fraction of sp³-hybridized carbons (Fsp3) is 0.500. The van der Waals surface area contributed by atoms with Gasteiger partial charge in [0.2, 0.25) is 0 Å². The molecule has 0 aliphatic carbocycles. The van der Waals surface area contributed by atoms with Crippen molar-refractivity contribution in [2.45, 2.75) is 51.2 Å². The molecule has 0 aromatic heterocycles. The maximum absolute atomic E-state index is 12.5. The molecule has 1 aromatic carbocycles. The average molecular weight is 330 g/mol. The molecule has 0 spiro atoms. The molecule has 1 N–H and O–H groups in total. The minimum atomic E-state index is -1.38. The standard InChI is InChI=1S/C18H22N2O4/c1-17(2,3)24-16(23)20-10-6-9-18(20,15(21)22)11-13-7-4-5-8-14(13)12-19/h4-5,7-8H,6,9-11H2,1-3H3,(H,21,22)/t18-/m1/s1. The highest BCUT2D eigenvalue weighted by atomic mass is 16.6. The van der Waals surface area contributed by atoms with Gasteiger partial charge >= 0.3 is 12.1 Å². The average Bonchev–Trinajstić information content (AvgIpc) is 2.91. The van der Waals surface area contributed by atoms with E-state index in [0.717, 1.165) is 0 Å². The predicted octanol–water partition coefficient (Wildman–Crippen LogP) is 2.96. The number of benzene rings is 1. The fourth-order valence-electron chi connectivity index (χ4n) is 3.04. The van der Waals surface area contributed by atoms with Gasteiger partial charge in [0.1, 0.15) is 11.1 Å². The SMILES string of the molecule is CC(C)(C)OC(=O)N1CCC[C@@]1(Cc1ccccc1C#N)C(=O)O. The van der Waals surface area contributed by atoms with E-state index in [9.17, 15) is 20.0 Å². The van der Waals surface area contributed by atoms with Crippen LogP contribution in [0.15, 0.2) is 24.3 Å². The summed E-state index contributed by atoms with van der Waals surface area (Å²) >= 11 is 0. The van der Waals surface area contributed by atoms with Crippen molar-refractivity contribution < 1.29 is 19.4 Å². The van der Waals surface area contributed by atoms with Crippen LogP contribution in [0.1, 0.15) is 44.7 Å². The second-order valence-electron chi connectivity index (χ2n) is 7.02. The van der Waals surface area contributed by atoms with Gasteiger partial charge in [0.05, 0.1) is 11.6 Å². The normalized spacial score (nSPS) is 20.5. The van der Waals surface area contributed by atoms with Gasteiger partial charge in [-0.25, -0.2) is 9.59 Å². The molecule has 128 valence electrons. The maximum atomic E-state index is 12.5. The lowest BCUT2D eigenvalue weighted by molar-refractivity contribution is -0.149. The first kappa shape index (κ1) is 17.8. The Morgan fingerprint density at radius 1 is 1.38 bits per heavy atom. The number of nitrogens with zero attached hydrogens (tertiary/aromatic N) is 2. The number of carboxylic acid groups (broad SMARTS) is 1. The van der Waals surface area contributed by atoms with Crippen LogP contribution in [0, 0.1) is 11.3 Å². The van der Waals surface area contributed by atoms with Crippen LogP contribution in [0.25, 0.3) is 0 Å². The van der Waals surface area contributed by atoms with Gasteiger partial charge in [-0.2, -0.15) is 5.26 Å². The number of ether oxygens (including phenoxy) is 1. The van der Waals surface area contributed by atoms with Crippen molar-refractivity contribution in [2.75, 3.05) is 6.54 Å². The zero-order valence-corrected chi connectivity index (χ0v) is 14.2. The van der Waals surface area contributed by atoms with Gasteiger partial charge in [0, 0.05) is 13.0 Å². The molecule has 0 unspecified atom stereocenters. The third-order valence-electron chi connectivity index (χ3n) is 4.12. The molecule has 24 heavy (non-hydrogen) atoms. The van der Waals surface area contributed by atoms with E-state index in [2.05, 4.69) is 6.07 Å². The van der Waals surface area contributed by atoms with E-state index in [1.807, 2.05) is 0 Å². The molecular formula is C18H22N2O4. The molecule has 0 saturated carbocycles. The summed E-state index contributed by atoms with van der Waals surface area (Å²) in [5, 5.41) is 19.1. The van der Waals surface area contributed by atoms with E-state index in [-0.39, 0.29) is 6.42 Å². The van der Waals surface area contributed by atoms with Crippen LogP contribution < -0.4 is 0 Å². The topological polar surface area (TPSA) is 90.6 Å². The van der Waals surface area contributed by atoms with Crippen LogP contribution in [-0.4, -0.2) is 39.8 Å². The van der Waals surface area contributed by atoms with Crippen molar-refractivity contribution in [3.8, 4) is 6.07 Å². The van der Waals surface area contributed by atoms with Crippen molar-refractivity contribution in [3.05, 3.63) is 35.4 Å². The zero-order chi connectivity index (χ0) is 18.0. The number of carbonyl (C=O) groups excluding carboxylic acids is 1. The smallest absolute Gasteiger partial charge is 0.411 e. The van der Waals surface area contributed by atoms with E-state index >= 15 is 0 Å². The molecule has 2 rings (SSSR count). The Kier molecular flexibility index (Phi) is 4.83. The van der Waals surface area contributed by atoms with E-state index in [1.165, 1.54) is 4.90 Å².